The largest absolute Gasteiger partial charge is 0.384 e. The van der Waals surface area contributed by atoms with Crippen LogP contribution in [-0.2, 0) is 14.1 Å². The van der Waals surface area contributed by atoms with Crippen LogP contribution >= 0.6 is 0 Å². The van der Waals surface area contributed by atoms with Gasteiger partial charge in [-0.2, -0.15) is 10.2 Å². The summed E-state index contributed by atoms with van der Waals surface area (Å²) in [5.41, 5.74) is 10.2. The monoisotopic (exact) mass is 221 g/mol. The van der Waals surface area contributed by atoms with E-state index < -0.39 is 0 Å². The molecule has 0 saturated carbocycles. The Hall–Kier alpha value is -1.86. The lowest BCUT2D eigenvalue weighted by Gasteiger charge is -2.12. The maximum absolute atomic E-state index is 5.89. The number of rotatable bonds is 3. The number of aromatic nitrogens is 4. The zero-order chi connectivity index (χ0) is 11.7. The van der Waals surface area contributed by atoms with Crippen molar-refractivity contribution in [2.75, 3.05) is 5.73 Å². The molecule has 0 amide bonds. The van der Waals surface area contributed by atoms with Gasteiger partial charge in [0.05, 0.1) is 17.9 Å². The van der Waals surface area contributed by atoms with Crippen LogP contribution in [0.3, 0.4) is 0 Å². The molecule has 0 aliphatic rings. The number of hydrogen-bond donors (Lipinski definition) is 3. The topological polar surface area (TPSA) is 99.7 Å². The van der Waals surface area contributed by atoms with Gasteiger partial charge < -0.3 is 5.73 Å². The fourth-order valence-electron chi connectivity index (χ4n) is 1.61. The summed E-state index contributed by atoms with van der Waals surface area (Å²) in [6.45, 7) is 0. The molecule has 0 aromatic carbocycles. The van der Waals surface area contributed by atoms with Crippen molar-refractivity contribution in [3.8, 4) is 0 Å². The number of hydrogen-bond acceptors (Lipinski definition) is 5. The number of anilines is 1. The van der Waals surface area contributed by atoms with Crippen LogP contribution in [-0.4, -0.2) is 19.6 Å². The maximum Gasteiger partial charge on any atom is 0.126 e. The third-order valence-corrected chi connectivity index (χ3v) is 2.52. The summed E-state index contributed by atoms with van der Waals surface area (Å²) < 4.78 is 3.31. The van der Waals surface area contributed by atoms with Gasteiger partial charge in [0.15, 0.2) is 0 Å². The van der Waals surface area contributed by atoms with Crippen molar-refractivity contribution in [1.29, 1.82) is 0 Å². The third-order valence-electron chi connectivity index (χ3n) is 2.52. The van der Waals surface area contributed by atoms with E-state index in [1.807, 2.05) is 19.3 Å². The standard InChI is InChI=1S/C9H15N7/c1-15-4-3-7(14-15)8(13-11)6-5-12-16(2)9(6)10/h3-5,8,13H,10-11H2,1-2H3. The molecule has 7 heteroatoms. The number of nitrogens with zero attached hydrogens (tertiary/aromatic N) is 4. The lowest BCUT2D eigenvalue weighted by Crippen LogP contribution is -2.29. The van der Waals surface area contributed by atoms with Crippen molar-refractivity contribution in [2.45, 2.75) is 6.04 Å². The Bertz CT molecular complexity index is 484. The molecular weight excluding hydrogens is 206 g/mol. The molecule has 86 valence electrons. The first-order chi connectivity index (χ1) is 7.63. The Morgan fingerprint density at radius 1 is 1.44 bits per heavy atom. The van der Waals surface area contributed by atoms with Gasteiger partial charge in [0.1, 0.15) is 5.82 Å². The summed E-state index contributed by atoms with van der Waals surface area (Å²) in [6.07, 6.45) is 3.54. The molecule has 0 spiro atoms. The second-order valence-corrected chi connectivity index (χ2v) is 3.62. The lowest BCUT2D eigenvalue weighted by molar-refractivity contribution is 0.604. The Balaban J connectivity index is 2.40. The van der Waals surface area contributed by atoms with Crippen molar-refractivity contribution in [3.63, 3.8) is 0 Å². The molecule has 0 fully saturated rings. The predicted molar refractivity (Wildman–Crippen MR) is 60.0 cm³/mol. The first kappa shape index (κ1) is 10.7. The highest BCUT2D eigenvalue weighted by Gasteiger charge is 2.20. The van der Waals surface area contributed by atoms with Crippen LogP contribution in [0.5, 0.6) is 0 Å². The van der Waals surface area contributed by atoms with Gasteiger partial charge in [0, 0.05) is 25.9 Å². The molecule has 0 radical (unpaired) electrons. The molecule has 16 heavy (non-hydrogen) atoms. The summed E-state index contributed by atoms with van der Waals surface area (Å²) in [4.78, 5) is 0. The molecule has 0 saturated heterocycles. The summed E-state index contributed by atoms with van der Waals surface area (Å²) in [7, 11) is 3.63. The number of nitrogens with two attached hydrogens (primary N) is 2. The second kappa shape index (κ2) is 3.95. The Morgan fingerprint density at radius 3 is 2.62 bits per heavy atom. The van der Waals surface area contributed by atoms with E-state index in [0.717, 1.165) is 11.3 Å². The van der Waals surface area contributed by atoms with E-state index in [4.69, 9.17) is 11.6 Å². The highest BCUT2D eigenvalue weighted by molar-refractivity contribution is 5.43. The first-order valence-corrected chi connectivity index (χ1v) is 4.86. The van der Waals surface area contributed by atoms with Crippen LogP contribution in [0.15, 0.2) is 18.5 Å². The quantitative estimate of drug-likeness (QED) is 0.469. The Labute approximate surface area is 93.0 Å². The van der Waals surface area contributed by atoms with E-state index in [0.29, 0.717) is 5.82 Å². The van der Waals surface area contributed by atoms with Gasteiger partial charge in [0.2, 0.25) is 0 Å². The minimum Gasteiger partial charge on any atom is -0.384 e. The van der Waals surface area contributed by atoms with Crippen LogP contribution < -0.4 is 17.0 Å². The van der Waals surface area contributed by atoms with Crippen molar-refractivity contribution in [3.05, 3.63) is 29.7 Å². The average Bonchev–Trinajstić information content (AvgIpc) is 2.81. The molecule has 2 aromatic rings. The molecular formula is C9H15N7. The van der Waals surface area contributed by atoms with Crippen LogP contribution in [0.2, 0.25) is 0 Å². The fourth-order valence-corrected chi connectivity index (χ4v) is 1.61. The summed E-state index contributed by atoms with van der Waals surface area (Å²) in [5.74, 6) is 6.11. The molecule has 2 aromatic heterocycles. The van der Waals surface area contributed by atoms with E-state index in [1.165, 1.54) is 0 Å². The highest BCUT2D eigenvalue weighted by atomic mass is 15.3. The summed E-state index contributed by atoms with van der Waals surface area (Å²) in [6, 6.07) is 1.65. The molecule has 0 aliphatic carbocycles. The Morgan fingerprint density at radius 2 is 2.19 bits per heavy atom. The number of nitrogens with one attached hydrogen (secondary N) is 1. The van der Waals surface area contributed by atoms with Gasteiger partial charge in [-0.05, 0) is 6.07 Å². The maximum atomic E-state index is 5.89. The first-order valence-electron chi connectivity index (χ1n) is 4.86. The number of hydrazine groups is 1. The molecule has 2 rings (SSSR count). The van der Waals surface area contributed by atoms with E-state index in [2.05, 4.69) is 15.6 Å². The SMILES string of the molecule is Cn1ccc(C(NN)c2cnn(C)c2N)n1. The zero-order valence-electron chi connectivity index (χ0n) is 9.25. The molecule has 1 unspecified atom stereocenters. The van der Waals surface area contributed by atoms with Crippen LogP contribution in [0, 0.1) is 0 Å². The van der Waals surface area contributed by atoms with Gasteiger partial charge in [-0.1, -0.05) is 0 Å². The minimum atomic E-state index is -0.241. The van der Waals surface area contributed by atoms with E-state index >= 15 is 0 Å². The van der Waals surface area contributed by atoms with Gasteiger partial charge in [-0.3, -0.25) is 15.2 Å². The lowest BCUT2D eigenvalue weighted by atomic mass is 10.1. The molecule has 2 heterocycles. The van der Waals surface area contributed by atoms with E-state index in [9.17, 15) is 0 Å². The summed E-state index contributed by atoms with van der Waals surface area (Å²) in [5, 5.41) is 8.37. The molecule has 1 atom stereocenters. The van der Waals surface area contributed by atoms with Crippen LogP contribution in [0.1, 0.15) is 17.3 Å². The van der Waals surface area contributed by atoms with Crippen molar-refractivity contribution in [2.24, 2.45) is 19.9 Å². The van der Waals surface area contributed by atoms with E-state index in [1.54, 1.807) is 22.6 Å². The minimum absolute atomic E-state index is 0.241. The van der Waals surface area contributed by atoms with Crippen molar-refractivity contribution >= 4 is 5.82 Å². The van der Waals surface area contributed by atoms with Gasteiger partial charge in [-0.15, -0.1) is 0 Å². The smallest absolute Gasteiger partial charge is 0.126 e. The molecule has 7 nitrogen and oxygen atoms in total. The fraction of sp³-hybridized carbons (Fsp3) is 0.333. The van der Waals surface area contributed by atoms with Gasteiger partial charge >= 0.3 is 0 Å². The third kappa shape index (κ3) is 1.66. The number of aryl methyl sites for hydroxylation is 2. The summed E-state index contributed by atoms with van der Waals surface area (Å²) >= 11 is 0. The van der Waals surface area contributed by atoms with E-state index in [-0.39, 0.29) is 6.04 Å². The van der Waals surface area contributed by atoms with Crippen LogP contribution in [0.25, 0.3) is 0 Å². The van der Waals surface area contributed by atoms with Crippen LogP contribution in [0.4, 0.5) is 5.82 Å². The van der Waals surface area contributed by atoms with Gasteiger partial charge in [0.25, 0.3) is 0 Å². The molecule has 5 N–H and O–H groups in total. The highest BCUT2D eigenvalue weighted by Crippen LogP contribution is 2.23. The average molecular weight is 221 g/mol. The normalized spacial score (nSPS) is 12.9. The molecule has 0 bridgehead atoms. The Kier molecular flexibility index (Phi) is 2.63. The van der Waals surface area contributed by atoms with Gasteiger partial charge in [-0.25, -0.2) is 5.43 Å². The van der Waals surface area contributed by atoms with Crippen molar-refractivity contribution in [1.82, 2.24) is 25.0 Å². The second-order valence-electron chi connectivity index (χ2n) is 3.62. The predicted octanol–water partition coefficient (Wildman–Crippen LogP) is -0.711. The molecule has 0 aliphatic heterocycles. The van der Waals surface area contributed by atoms with Crippen molar-refractivity contribution < 1.29 is 0 Å². The number of nitrogen functional groups attached to an aromatic ring is 1. The zero-order valence-corrected chi connectivity index (χ0v) is 9.25.